The van der Waals surface area contributed by atoms with Gasteiger partial charge < -0.3 is 5.32 Å². The van der Waals surface area contributed by atoms with Crippen LogP contribution in [-0.4, -0.2) is 25.1 Å². The lowest BCUT2D eigenvalue weighted by Gasteiger charge is -2.13. The predicted octanol–water partition coefficient (Wildman–Crippen LogP) is 2.95. The number of sulfone groups is 1. The molecule has 0 radical (unpaired) electrons. The summed E-state index contributed by atoms with van der Waals surface area (Å²) in [5.74, 6) is -1.14. The Balaban J connectivity index is 1.73. The first-order chi connectivity index (χ1) is 11.5. The van der Waals surface area contributed by atoms with E-state index in [4.69, 9.17) is 0 Å². The maximum absolute atomic E-state index is 12.4. The number of carbonyl (C=O) groups excluding carboxylic acids is 1. The molecule has 0 bridgehead atoms. The number of benzene rings is 2. The topological polar surface area (TPSA) is 76.1 Å². The van der Waals surface area contributed by atoms with Crippen molar-refractivity contribution in [3.05, 3.63) is 60.2 Å². The van der Waals surface area contributed by atoms with Crippen LogP contribution in [0.25, 0.3) is 10.2 Å². The number of thiazole rings is 1. The highest BCUT2D eigenvalue weighted by Crippen LogP contribution is 2.25. The first kappa shape index (κ1) is 16.6. The van der Waals surface area contributed by atoms with Crippen molar-refractivity contribution in [3.8, 4) is 0 Å². The molecular formula is C17H16N2O3S2. The van der Waals surface area contributed by atoms with E-state index in [1.54, 1.807) is 12.1 Å². The Hall–Kier alpha value is -2.25. The molecule has 0 aliphatic heterocycles. The lowest BCUT2D eigenvalue weighted by Crippen LogP contribution is -2.32. The summed E-state index contributed by atoms with van der Waals surface area (Å²) in [5.41, 5.74) is 1.54. The van der Waals surface area contributed by atoms with E-state index < -0.39 is 21.5 Å². The van der Waals surface area contributed by atoms with Gasteiger partial charge in [0.15, 0.2) is 0 Å². The number of hydrogen-bond donors (Lipinski definition) is 1. The van der Waals surface area contributed by atoms with Crippen LogP contribution >= 0.6 is 11.3 Å². The molecule has 1 aromatic heterocycles. The minimum absolute atomic E-state index is 0.0220. The monoisotopic (exact) mass is 360 g/mol. The van der Waals surface area contributed by atoms with E-state index in [-0.39, 0.29) is 10.4 Å². The van der Waals surface area contributed by atoms with E-state index in [0.717, 1.165) is 21.6 Å². The molecule has 7 heteroatoms. The summed E-state index contributed by atoms with van der Waals surface area (Å²) in [7, 11) is -3.75. The molecule has 24 heavy (non-hydrogen) atoms. The van der Waals surface area contributed by atoms with Crippen molar-refractivity contribution in [2.45, 2.75) is 17.3 Å². The van der Waals surface area contributed by atoms with Crippen LogP contribution < -0.4 is 5.32 Å². The predicted molar refractivity (Wildman–Crippen MR) is 94.7 cm³/mol. The largest absolute Gasteiger partial charge is 0.349 e. The number of fused-ring (bicyclic) bond motifs is 1. The van der Waals surface area contributed by atoms with Crippen molar-refractivity contribution in [2.75, 3.05) is 5.75 Å². The maximum atomic E-state index is 12.4. The zero-order valence-corrected chi connectivity index (χ0v) is 14.6. The van der Waals surface area contributed by atoms with Crippen LogP contribution in [0.2, 0.25) is 0 Å². The van der Waals surface area contributed by atoms with Crippen LogP contribution in [0.3, 0.4) is 0 Å². The third-order valence-corrected chi connectivity index (χ3v) is 6.65. The van der Waals surface area contributed by atoms with Gasteiger partial charge in [0.2, 0.25) is 20.1 Å². The summed E-state index contributed by atoms with van der Waals surface area (Å²) < 4.78 is 25.6. The quantitative estimate of drug-likeness (QED) is 0.759. The average Bonchev–Trinajstić information content (AvgIpc) is 3.00. The van der Waals surface area contributed by atoms with Crippen molar-refractivity contribution in [1.82, 2.24) is 10.3 Å². The van der Waals surface area contributed by atoms with Crippen molar-refractivity contribution < 1.29 is 13.2 Å². The number of carbonyl (C=O) groups is 1. The van der Waals surface area contributed by atoms with Crippen molar-refractivity contribution >= 4 is 37.3 Å². The SMILES string of the molecule is C[C@@H](NC(=O)CS(=O)(=O)c1nc2ccccc2s1)c1ccccc1. The van der Waals surface area contributed by atoms with Crippen molar-refractivity contribution in [1.29, 1.82) is 0 Å². The molecule has 1 atom stereocenters. The first-order valence-electron chi connectivity index (χ1n) is 7.38. The Morgan fingerprint density at radius 1 is 1.12 bits per heavy atom. The van der Waals surface area contributed by atoms with Crippen molar-refractivity contribution in [2.24, 2.45) is 0 Å². The summed E-state index contributed by atoms with van der Waals surface area (Å²) in [6.07, 6.45) is 0. The third-order valence-electron chi connectivity index (χ3n) is 3.54. The van der Waals surface area contributed by atoms with E-state index in [9.17, 15) is 13.2 Å². The molecule has 0 fully saturated rings. The summed E-state index contributed by atoms with van der Waals surface area (Å²) in [4.78, 5) is 16.2. The maximum Gasteiger partial charge on any atom is 0.236 e. The molecule has 1 heterocycles. The Morgan fingerprint density at radius 3 is 2.50 bits per heavy atom. The molecular weight excluding hydrogens is 344 g/mol. The lowest BCUT2D eigenvalue weighted by atomic mass is 10.1. The molecule has 124 valence electrons. The van der Waals surface area contributed by atoms with E-state index in [2.05, 4.69) is 10.3 Å². The van der Waals surface area contributed by atoms with Crippen LogP contribution in [0.5, 0.6) is 0 Å². The van der Waals surface area contributed by atoms with Gasteiger partial charge in [0.1, 0.15) is 5.75 Å². The van der Waals surface area contributed by atoms with Gasteiger partial charge in [-0.2, -0.15) is 0 Å². The third kappa shape index (κ3) is 3.63. The highest BCUT2D eigenvalue weighted by molar-refractivity contribution is 7.94. The molecule has 0 saturated heterocycles. The molecule has 3 rings (SSSR count). The van der Waals surface area contributed by atoms with Gasteiger partial charge in [-0.05, 0) is 24.6 Å². The molecule has 2 aromatic carbocycles. The van der Waals surface area contributed by atoms with Crippen LogP contribution in [0.4, 0.5) is 0 Å². The average molecular weight is 360 g/mol. The van der Waals surface area contributed by atoms with Crippen LogP contribution in [0.1, 0.15) is 18.5 Å². The van der Waals surface area contributed by atoms with Gasteiger partial charge in [-0.1, -0.05) is 42.5 Å². The first-order valence-corrected chi connectivity index (χ1v) is 9.85. The molecule has 1 amide bonds. The molecule has 1 N–H and O–H groups in total. The van der Waals surface area contributed by atoms with E-state index in [1.807, 2.05) is 49.4 Å². The lowest BCUT2D eigenvalue weighted by molar-refractivity contribution is -0.119. The molecule has 0 aliphatic carbocycles. The van der Waals surface area contributed by atoms with Crippen LogP contribution in [-0.2, 0) is 14.6 Å². The molecule has 5 nitrogen and oxygen atoms in total. The summed E-state index contributed by atoms with van der Waals surface area (Å²) in [5, 5.41) is 2.71. The smallest absolute Gasteiger partial charge is 0.236 e. The van der Waals surface area contributed by atoms with E-state index >= 15 is 0 Å². The van der Waals surface area contributed by atoms with Gasteiger partial charge in [-0.3, -0.25) is 4.79 Å². The molecule has 0 spiro atoms. The fourth-order valence-electron chi connectivity index (χ4n) is 2.33. The number of hydrogen-bond acceptors (Lipinski definition) is 5. The number of rotatable bonds is 5. The van der Waals surface area contributed by atoms with E-state index in [0.29, 0.717) is 5.52 Å². The molecule has 0 saturated carbocycles. The summed E-state index contributed by atoms with van der Waals surface area (Å²) in [6.45, 7) is 1.82. The second kappa shape index (κ2) is 6.70. The number of nitrogens with one attached hydrogen (secondary N) is 1. The number of amides is 1. The standard InChI is InChI=1S/C17H16N2O3S2/c1-12(13-7-3-2-4-8-13)18-16(20)11-24(21,22)17-19-14-9-5-6-10-15(14)23-17/h2-10,12H,11H2,1H3,(H,18,20)/t12-/m1/s1. The second-order valence-corrected chi connectivity index (χ2v) is 8.60. The van der Waals surface area contributed by atoms with Gasteiger partial charge in [-0.25, -0.2) is 13.4 Å². The van der Waals surface area contributed by atoms with Gasteiger partial charge in [0, 0.05) is 0 Å². The zero-order chi connectivity index (χ0) is 17.2. The number of aromatic nitrogens is 1. The van der Waals surface area contributed by atoms with Gasteiger partial charge in [0.05, 0.1) is 16.3 Å². The number of para-hydroxylation sites is 1. The molecule has 3 aromatic rings. The normalized spacial score (nSPS) is 12.9. The summed E-state index contributed by atoms with van der Waals surface area (Å²) in [6, 6.07) is 16.3. The fraction of sp³-hybridized carbons (Fsp3) is 0.176. The van der Waals surface area contributed by atoms with Gasteiger partial charge >= 0.3 is 0 Å². The molecule has 0 aliphatic rings. The van der Waals surface area contributed by atoms with Crippen molar-refractivity contribution in [3.63, 3.8) is 0 Å². The minimum Gasteiger partial charge on any atom is -0.349 e. The van der Waals surface area contributed by atoms with Gasteiger partial charge in [0.25, 0.3) is 0 Å². The summed E-state index contributed by atoms with van der Waals surface area (Å²) >= 11 is 1.08. The Labute approximate surface area is 144 Å². The highest BCUT2D eigenvalue weighted by atomic mass is 32.2. The number of nitrogens with zero attached hydrogens (tertiary/aromatic N) is 1. The van der Waals surface area contributed by atoms with Gasteiger partial charge in [-0.15, -0.1) is 11.3 Å². The second-order valence-electron chi connectivity index (χ2n) is 5.41. The zero-order valence-electron chi connectivity index (χ0n) is 13.0. The van der Waals surface area contributed by atoms with Crippen LogP contribution in [0, 0.1) is 0 Å². The Bertz CT molecular complexity index is 933. The van der Waals surface area contributed by atoms with Crippen LogP contribution in [0.15, 0.2) is 58.9 Å². The fourth-order valence-corrected chi connectivity index (χ4v) is 4.77. The molecule has 0 unspecified atom stereocenters. The Kier molecular flexibility index (Phi) is 4.64. The Morgan fingerprint density at radius 2 is 1.79 bits per heavy atom. The minimum atomic E-state index is -3.75. The van der Waals surface area contributed by atoms with E-state index in [1.165, 1.54) is 0 Å². The highest BCUT2D eigenvalue weighted by Gasteiger charge is 2.24.